The molecule has 98 valence electrons. The Morgan fingerprint density at radius 2 is 2.12 bits per heavy atom. The van der Waals surface area contributed by atoms with Crippen LogP contribution >= 0.6 is 0 Å². The van der Waals surface area contributed by atoms with Gasteiger partial charge in [-0.25, -0.2) is 8.42 Å². The predicted octanol–water partition coefficient (Wildman–Crippen LogP) is 1.37. The lowest BCUT2D eigenvalue weighted by Gasteiger charge is -2.21. The molecule has 0 aliphatic carbocycles. The number of H-pyrrole nitrogens is 1. The van der Waals surface area contributed by atoms with E-state index in [1.807, 2.05) is 0 Å². The zero-order valence-corrected chi connectivity index (χ0v) is 9.85. The number of sulfonamides is 1. The molecule has 0 fully saturated rings. The van der Waals surface area contributed by atoms with Crippen LogP contribution in [0.3, 0.4) is 0 Å². The smallest absolute Gasteiger partial charge is 0.284 e. The normalized spacial score (nSPS) is 13.2. The van der Waals surface area contributed by atoms with Crippen LogP contribution in [0, 0.1) is 0 Å². The molecule has 0 radical (unpaired) electrons. The minimum atomic E-state index is -4.56. The molecule has 0 spiro atoms. The summed E-state index contributed by atoms with van der Waals surface area (Å²) in [5.74, 6) is 0. The molecule has 0 bridgehead atoms. The lowest BCUT2D eigenvalue weighted by molar-refractivity contribution is -0.136. The van der Waals surface area contributed by atoms with Crippen molar-refractivity contribution in [2.75, 3.05) is 13.1 Å². The number of alkyl halides is 3. The third kappa shape index (κ3) is 3.70. The predicted molar refractivity (Wildman–Crippen MR) is 53.7 cm³/mol. The number of aromatic nitrogens is 2. The second-order valence-electron chi connectivity index (χ2n) is 3.39. The first-order valence-corrected chi connectivity index (χ1v) is 6.27. The topological polar surface area (TPSA) is 66.1 Å². The van der Waals surface area contributed by atoms with E-state index < -0.39 is 22.7 Å². The number of hydrogen-bond donors (Lipinski definition) is 1. The summed E-state index contributed by atoms with van der Waals surface area (Å²) in [6, 6.07) is 0. The number of hydrogen-bond acceptors (Lipinski definition) is 3. The summed E-state index contributed by atoms with van der Waals surface area (Å²) < 4.78 is 60.9. The van der Waals surface area contributed by atoms with Crippen molar-refractivity contribution in [2.24, 2.45) is 0 Å². The first kappa shape index (κ1) is 14.0. The summed E-state index contributed by atoms with van der Waals surface area (Å²) in [4.78, 5) is -0.268. The fraction of sp³-hybridized carbons (Fsp3) is 0.625. The highest BCUT2D eigenvalue weighted by Crippen LogP contribution is 2.22. The van der Waals surface area contributed by atoms with Gasteiger partial charge in [0, 0.05) is 12.7 Å². The number of nitrogens with one attached hydrogen (secondary N) is 1. The Labute approximate surface area is 96.7 Å². The van der Waals surface area contributed by atoms with Crippen molar-refractivity contribution >= 4 is 10.0 Å². The van der Waals surface area contributed by atoms with Gasteiger partial charge >= 0.3 is 6.18 Å². The fourth-order valence-corrected chi connectivity index (χ4v) is 2.69. The van der Waals surface area contributed by atoms with E-state index in [9.17, 15) is 21.6 Å². The Bertz CT molecular complexity index is 441. The summed E-state index contributed by atoms with van der Waals surface area (Å²) in [5, 5.41) is 5.67. The lowest BCUT2D eigenvalue weighted by atomic mass is 10.5. The zero-order chi connectivity index (χ0) is 13.1. The van der Waals surface area contributed by atoms with E-state index in [1.165, 1.54) is 0 Å². The Kier molecular flexibility index (Phi) is 4.15. The molecule has 0 aliphatic rings. The minimum absolute atomic E-state index is 0.187. The van der Waals surface area contributed by atoms with Crippen molar-refractivity contribution < 1.29 is 21.6 Å². The van der Waals surface area contributed by atoms with E-state index in [4.69, 9.17) is 0 Å². The molecule has 0 unspecified atom stereocenters. The van der Waals surface area contributed by atoms with Crippen LogP contribution in [0.15, 0.2) is 17.3 Å². The van der Waals surface area contributed by atoms with E-state index >= 15 is 0 Å². The maximum atomic E-state index is 12.3. The van der Waals surface area contributed by atoms with Gasteiger partial charge < -0.3 is 0 Å². The van der Waals surface area contributed by atoms with E-state index in [0.717, 1.165) is 12.4 Å². The van der Waals surface area contributed by atoms with Crippen LogP contribution in [0.4, 0.5) is 13.2 Å². The quantitative estimate of drug-likeness (QED) is 0.879. The molecule has 1 N–H and O–H groups in total. The Balaban J connectivity index is 2.99. The molecule has 0 amide bonds. The standard InChI is InChI=1S/C8H12F3N3O2S/c1-2-3-14(6-8(9,10)11)17(15,16)7-4-12-13-5-7/h4-5H,2-3,6H2,1H3,(H,12,13). The maximum Gasteiger partial charge on any atom is 0.402 e. The molecule has 0 atom stereocenters. The van der Waals surface area contributed by atoms with Crippen LogP contribution in [0.25, 0.3) is 0 Å². The Morgan fingerprint density at radius 1 is 1.47 bits per heavy atom. The third-order valence-electron chi connectivity index (χ3n) is 1.94. The average molecular weight is 271 g/mol. The van der Waals surface area contributed by atoms with Gasteiger partial charge in [0.05, 0.1) is 6.20 Å². The minimum Gasteiger partial charge on any atom is -0.284 e. The SMILES string of the molecule is CCCN(CC(F)(F)F)S(=O)(=O)c1cn[nH]c1. The number of aromatic amines is 1. The van der Waals surface area contributed by atoms with Gasteiger partial charge in [-0.3, -0.25) is 5.10 Å². The van der Waals surface area contributed by atoms with Crippen molar-refractivity contribution in [3.05, 3.63) is 12.4 Å². The molecule has 1 heterocycles. The van der Waals surface area contributed by atoms with Gasteiger partial charge in [-0.2, -0.15) is 22.6 Å². The van der Waals surface area contributed by atoms with Crippen molar-refractivity contribution in [1.82, 2.24) is 14.5 Å². The first-order valence-electron chi connectivity index (χ1n) is 4.83. The molecule has 0 saturated heterocycles. The van der Waals surface area contributed by atoms with Crippen LogP contribution in [-0.2, 0) is 10.0 Å². The average Bonchev–Trinajstić information content (AvgIpc) is 2.68. The number of nitrogens with zero attached hydrogens (tertiary/aromatic N) is 2. The molecular formula is C8H12F3N3O2S. The molecule has 0 aliphatic heterocycles. The maximum absolute atomic E-state index is 12.3. The van der Waals surface area contributed by atoms with Crippen LogP contribution in [0.5, 0.6) is 0 Å². The highest BCUT2D eigenvalue weighted by Gasteiger charge is 2.36. The highest BCUT2D eigenvalue weighted by molar-refractivity contribution is 7.89. The third-order valence-corrected chi connectivity index (χ3v) is 3.75. The molecule has 0 saturated carbocycles. The molecular weight excluding hydrogens is 259 g/mol. The largest absolute Gasteiger partial charge is 0.402 e. The van der Waals surface area contributed by atoms with Crippen LogP contribution in [0.2, 0.25) is 0 Å². The van der Waals surface area contributed by atoms with Gasteiger partial charge in [0.2, 0.25) is 10.0 Å². The van der Waals surface area contributed by atoms with Crippen LogP contribution < -0.4 is 0 Å². The molecule has 5 nitrogen and oxygen atoms in total. The van der Waals surface area contributed by atoms with E-state index in [-0.39, 0.29) is 11.4 Å². The van der Waals surface area contributed by atoms with Gasteiger partial charge in [-0.15, -0.1) is 0 Å². The first-order chi connectivity index (χ1) is 7.77. The molecule has 1 aromatic rings. The van der Waals surface area contributed by atoms with Crippen molar-refractivity contribution in [3.8, 4) is 0 Å². The van der Waals surface area contributed by atoms with E-state index in [0.29, 0.717) is 10.7 Å². The summed E-state index contributed by atoms with van der Waals surface area (Å²) in [6.07, 6.45) is -2.23. The second-order valence-corrected chi connectivity index (χ2v) is 5.33. The van der Waals surface area contributed by atoms with Gasteiger partial charge in [-0.1, -0.05) is 6.92 Å². The number of rotatable bonds is 5. The van der Waals surface area contributed by atoms with Gasteiger partial charge in [0.15, 0.2) is 0 Å². The fourth-order valence-electron chi connectivity index (χ4n) is 1.26. The summed E-state index contributed by atoms with van der Waals surface area (Å²) in [5.41, 5.74) is 0. The molecule has 1 aromatic heterocycles. The van der Waals surface area contributed by atoms with Crippen molar-refractivity contribution in [1.29, 1.82) is 0 Å². The zero-order valence-electron chi connectivity index (χ0n) is 9.03. The van der Waals surface area contributed by atoms with E-state index in [1.54, 1.807) is 6.92 Å². The van der Waals surface area contributed by atoms with E-state index in [2.05, 4.69) is 10.2 Å². The summed E-state index contributed by atoms with van der Waals surface area (Å²) in [7, 11) is -4.13. The molecule has 17 heavy (non-hydrogen) atoms. The molecule has 9 heteroatoms. The second kappa shape index (κ2) is 5.05. The van der Waals surface area contributed by atoms with Crippen LogP contribution in [-0.4, -0.2) is 42.2 Å². The molecule has 0 aromatic carbocycles. The van der Waals surface area contributed by atoms with Crippen molar-refractivity contribution in [2.45, 2.75) is 24.4 Å². The Morgan fingerprint density at radius 3 is 2.53 bits per heavy atom. The van der Waals surface area contributed by atoms with Gasteiger partial charge in [0.25, 0.3) is 0 Å². The monoisotopic (exact) mass is 271 g/mol. The number of halogens is 3. The lowest BCUT2D eigenvalue weighted by Crippen LogP contribution is -2.39. The molecule has 1 rings (SSSR count). The van der Waals surface area contributed by atoms with Crippen LogP contribution in [0.1, 0.15) is 13.3 Å². The van der Waals surface area contributed by atoms with Gasteiger partial charge in [0.1, 0.15) is 11.4 Å². The Hall–Kier alpha value is -1.09. The van der Waals surface area contributed by atoms with Gasteiger partial charge in [-0.05, 0) is 6.42 Å². The summed E-state index contributed by atoms with van der Waals surface area (Å²) in [6.45, 7) is -0.0738. The summed E-state index contributed by atoms with van der Waals surface area (Å²) >= 11 is 0. The van der Waals surface area contributed by atoms with Crippen molar-refractivity contribution in [3.63, 3.8) is 0 Å². The highest BCUT2D eigenvalue weighted by atomic mass is 32.2.